The van der Waals surface area contributed by atoms with Gasteiger partial charge in [-0.3, -0.25) is 0 Å². The van der Waals surface area contributed by atoms with E-state index in [9.17, 15) is 18.3 Å². The van der Waals surface area contributed by atoms with Gasteiger partial charge in [0.25, 0.3) is 0 Å². The van der Waals surface area contributed by atoms with Crippen LogP contribution < -0.4 is 5.32 Å². The number of hydrogen-bond acceptors (Lipinski definition) is 2. The van der Waals surface area contributed by atoms with Crippen LogP contribution in [0.5, 0.6) is 0 Å². The van der Waals surface area contributed by atoms with Gasteiger partial charge in [0.15, 0.2) is 0 Å². The van der Waals surface area contributed by atoms with E-state index in [-0.39, 0.29) is 6.61 Å². The maximum Gasteiger partial charge on any atom is 0.401 e. The third-order valence-electron chi connectivity index (χ3n) is 3.73. The normalized spacial score (nSPS) is 30.5. The molecule has 0 heterocycles. The second kappa shape index (κ2) is 6.05. The summed E-state index contributed by atoms with van der Waals surface area (Å²) in [5.41, 5.74) is -0.709. The zero-order valence-electron chi connectivity index (χ0n) is 10.3. The van der Waals surface area contributed by atoms with Gasteiger partial charge < -0.3 is 10.4 Å². The highest BCUT2D eigenvalue weighted by atomic mass is 19.4. The van der Waals surface area contributed by atoms with Gasteiger partial charge in [0.1, 0.15) is 0 Å². The minimum absolute atomic E-state index is 0.206. The first-order valence-electron chi connectivity index (χ1n) is 6.33. The standard InChI is InChI=1S/C12H22F3NO/c1-2-3-10-4-6-11(9-17,7-5-10)16-8-12(13,14)15/h10,16-17H,2-9H2,1H3. The molecule has 0 atom stereocenters. The molecule has 0 aromatic heterocycles. The molecule has 0 aromatic rings. The first-order chi connectivity index (χ1) is 7.91. The minimum atomic E-state index is -4.21. The van der Waals surface area contributed by atoms with E-state index in [4.69, 9.17) is 0 Å². The predicted octanol–water partition coefficient (Wildman–Crippen LogP) is 2.86. The number of aliphatic hydroxyl groups excluding tert-OH is 1. The number of aliphatic hydroxyl groups is 1. The Bertz CT molecular complexity index is 222. The Morgan fingerprint density at radius 2 is 1.88 bits per heavy atom. The van der Waals surface area contributed by atoms with Gasteiger partial charge in [-0.25, -0.2) is 0 Å². The van der Waals surface area contributed by atoms with Crippen LogP contribution in [0.15, 0.2) is 0 Å². The summed E-state index contributed by atoms with van der Waals surface area (Å²) in [4.78, 5) is 0. The van der Waals surface area contributed by atoms with Crippen molar-refractivity contribution in [3.63, 3.8) is 0 Å². The van der Waals surface area contributed by atoms with Crippen LogP contribution in [-0.4, -0.2) is 30.0 Å². The summed E-state index contributed by atoms with van der Waals surface area (Å²) in [6.45, 7) is 0.906. The molecule has 5 heteroatoms. The lowest BCUT2D eigenvalue weighted by molar-refractivity contribution is -0.131. The summed E-state index contributed by atoms with van der Waals surface area (Å²) < 4.78 is 36.5. The Balaban J connectivity index is 2.43. The molecule has 0 saturated heterocycles. The molecular formula is C12H22F3NO. The van der Waals surface area contributed by atoms with Gasteiger partial charge in [-0.2, -0.15) is 13.2 Å². The van der Waals surface area contributed by atoms with Gasteiger partial charge in [0, 0.05) is 5.54 Å². The van der Waals surface area contributed by atoms with E-state index in [1.54, 1.807) is 0 Å². The third kappa shape index (κ3) is 4.84. The molecule has 0 radical (unpaired) electrons. The van der Waals surface area contributed by atoms with Crippen LogP contribution in [0.4, 0.5) is 13.2 Å². The van der Waals surface area contributed by atoms with Crippen molar-refractivity contribution in [3.8, 4) is 0 Å². The van der Waals surface area contributed by atoms with E-state index >= 15 is 0 Å². The summed E-state index contributed by atoms with van der Waals surface area (Å²) in [6.07, 6.45) is 1.17. The molecule has 17 heavy (non-hydrogen) atoms. The maximum atomic E-state index is 12.2. The van der Waals surface area contributed by atoms with E-state index in [0.717, 1.165) is 25.7 Å². The van der Waals surface area contributed by atoms with Crippen LogP contribution in [0, 0.1) is 5.92 Å². The van der Waals surface area contributed by atoms with Crippen LogP contribution in [0.2, 0.25) is 0 Å². The topological polar surface area (TPSA) is 32.3 Å². The third-order valence-corrected chi connectivity index (χ3v) is 3.73. The monoisotopic (exact) mass is 253 g/mol. The predicted molar refractivity (Wildman–Crippen MR) is 60.7 cm³/mol. The Morgan fingerprint density at radius 1 is 1.29 bits per heavy atom. The van der Waals surface area contributed by atoms with E-state index in [0.29, 0.717) is 18.8 Å². The van der Waals surface area contributed by atoms with E-state index in [2.05, 4.69) is 12.2 Å². The Morgan fingerprint density at radius 3 is 2.29 bits per heavy atom. The van der Waals surface area contributed by atoms with Gasteiger partial charge in [0.2, 0.25) is 0 Å². The molecule has 0 bridgehead atoms. The molecule has 2 nitrogen and oxygen atoms in total. The largest absolute Gasteiger partial charge is 0.401 e. The molecular weight excluding hydrogens is 231 g/mol. The first-order valence-corrected chi connectivity index (χ1v) is 6.33. The van der Waals surface area contributed by atoms with Gasteiger partial charge in [-0.05, 0) is 31.6 Å². The molecule has 1 fully saturated rings. The summed E-state index contributed by atoms with van der Waals surface area (Å²) in [5.74, 6) is 0.618. The van der Waals surface area contributed by atoms with Gasteiger partial charge in [-0.15, -0.1) is 0 Å². The average molecular weight is 253 g/mol. The van der Waals surface area contributed by atoms with Gasteiger partial charge >= 0.3 is 6.18 Å². The van der Waals surface area contributed by atoms with Crippen molar-refractivity contribution >= 4 is 0 Å². The maximum absolute atomic E-state index is 12.2. The second-order valence-corrected chi connectivity index (χ2v) is 5.14. The van der Waals surface area contributed by atoms with Crippen LogP contribution in [0.1, 0.15) is 45.4 Å². The molecule has 1 rings (SSSR count). The lowest BCUT2D eigenvalue weighted by Crippen LogP contribution is -2.53. The van der Waals surface area contributed by atoms with E-state index in [1.165, 1.54) is 0 Å². The Hall–Kier alpha value is -0.290. The summed E-state index contributed by atoms with van der Waals surface area (Å²) in [6, 6.07) is 0. The quantitative estimate of drug-likeness (QED) is 0.789. The molecule has 0 amide bonds. The van der Waals surface area contributed by atoms with Crippen LogP contribution in [-0.2, 0) is 0 Å². The SMILES string of the molecule is CCCC1CCC(CO)(NCC(F)(F)F)CC1. The molecule has 1 saturated carbocycles. The highest BCUT2D eigenvalue weighted by molar-refractivity contribution is 4.92. The molecule has 102 valence electrons. The fourth-order valence-electron chi connectivity index (χ4n) is 2.61. The second-order valence-electron chi connectivity index (χ2n) is 5.14. The van der Waals surface area contributed by atoms with E-state index < -0.39 is 18.3 Å². The van der Waals surface area contributed by atoms with Crippen molar-refractivity contribution in [1.29, 1.82) is 0 Å². The summed E-state index contributed by atoms with van der Waals surface area (Å²) in [5, 5.41) is 11.8. The fourth-order valence-corrected chi connectivity index (χ4v) is 2.61. The number of halogens is 3. The number of nitrogens with one attached hydrogen (secondary N) is 1. The Labute approximate surface area is 101 Å². The summed E-state index contributed by atoms with van der Waals surface area (Å²) in [7, 11) is 0. The molecule has 0 aliphatic heterocycles. The molecule has 2 N–H and O–H groups in total. The minimum Gasteiger partial charge on any atom is -0.394 e. The highest BCUT2D eigenvalue weighted by Crippen LogP contribution is 2.34. The fraction of sp³-hybridized carbons (Fsp3) is 1.00. The van der Waals surface area contributed by atoms with Gasteiger partial charge in [0.05, 0.1) is 13.2 Å². The molecule has 0 spiro atoms. The first kappa shape index (κ1) is 14.8. The summed E-state index contributed by atoms with van der Waals surface area (Å²) >= 11 is 0. The van der Waals surface area contributed by atoms with Crippen LogP contribution >= 0.6 is 0 Å². The average Bonchev–Trinajstić information content (AvgIpc) is 2.28. The molecule has 0 unspecified atom stereocenters. The smallest absolute Gasteiger partial charge is 0.394 e. The zero-order valence-corrected chi connectivity index (χ0v) is 10.3. The lowest BCUT2D eigenvalue weighted by atomic mass is 9.75. The molecule has 1 aliphatic rings. The van der Waals surface area contributed by atoms with Crippen molar-refractivity contribution in [1.82, 2.24) is 5.32 Å². The molecule has 1 aliphatic carbocycles. The van der Waals surface area contributed by atoms with Crippen LogP contribution in [0.3, 0.4) is 0 Å². The van der Waals surface area contributed by atoms with E-state index in [1.807, 2.05) is 0 Å². The van der Waals surface area contributed by atoms with Gasteiger partial charge in [-0.1, -0.05) is 19.8 Å². The Kier molecular flexibility index (Phi) is 5.25. The molecule has 0 aromatic carbocycles. The van der Waals surface area contributed by atoms with Crippen molar-refractivity contribution < 1.29 is 18.3 Å². The van der Waals surface area contributed by atoms with Crippen molar-refractivity contribution in [2.24, 2.45) is 5.92 Å². The van der Waals surface area contributed by atoms with Crippen LogP contribution in [0.25, 0.3) is 0 Å². The number of rotatable bonds is 5. The van der Waals surface area contributed by atoms with Crippen molar-refractivity contribution in [2.45, 2.75) is 57.2 Å². The lowest BCUT2D eigenvalue weighted by Gasteiger charge is -2.40. The number of alkyl halides is 3. The van der Waals surface area contributed by atoms with Crippen molar-refractivity contribution in [2.75, 3.05) is 13.2 Å². The zero-order chi connectivity index (χ0) is 12.9. The van der Waals surface area contributed by atoms with Crippen molar-refractivity contribution in [3.05, 3.63) is 0 Å². The number of hydrogen-bond donors (Lipinski definition) is 2. The highest BCUT2D eigenvalue weighted by Gasteiger charge is 2.38.